The lowest BCUT2D eigenvalue weighted by molar-refractivity contribution is 0.181. The van der Waals surface area contributed by atoms with E-state index in [1.165, 1.54) is 22.8 Å². The third kappa shape index (κ3) is 3.49. The van der Waals surface area contributed by atoms with Gasteiger partial charge in [0, 0.05) is 28.3 Å². The Morgan fingerprint density at radius 3 is 2.54 bits per heavy atom. The minimum atomic E-state index is -0.146. The van der Waals surface area contributed by atoms with Gasteiger partial charge in [0.25, 0.3) is 0 Å². The summed E-state index contributed by atoms with van der Waals surface area (Å²) < 4.78 is 5.33. The van der Waals surface area contributed by atoms with Gasteiger partial charge in [-0.3, -0.25) is 0 Å². The summed E-state index contributed by atoms with van der Waals surface area (Å²) in [5.74, 6) is 0. The molecule has 0 N–H and O–H groups in total. The summed E-state index contributed by atoms with van der Waals surface area (Å²) in [5, 5.41) is 28.6. The lowest BCUT2D eigenvalue weighted by atomic mass is 10.1. The molecule has 0 amide bonds. The van der Waals surface area contributed by atoms with Crippen LogP contribution in [0.25, 0.3) is 15.3 Å². The molecule has 3 rings (SSSR count). The zero-order valence-electron chi connectivity index (χ0n) is 14.2. The number of anilines is 1. The molecule has 2 aromatic rings. The van der Waals surface area contributed by atoms with E-state index >= 15 is 0 Å². The summed E-state index contributed by atoms with van der Waals surface area (Å²) in [7, 11) is 1.74. The largest absolute Gasteiger partial charge is 0.383 e. The van der Waals surface area contributed by atoms with Crippen LogP contribution in [0.15, 0.2) is 29.8 Å². The van der Waals surface area contributed by atoms with Gasteiger partial charge in [-0.15, -0.1) is 22.7 Å². The predicted octanol–water partition coefficient (Wildman–Crippen LogP) is 4.42. The maximum atomic E-state index is 9.30. The highest BCUT2D eigenvalue weighted by molar-refractivity contribution is 7.24. The Kier molecular flexibility index (Phi) is 5.71. The van der Waals surface area contributed by atoms with Crippen LogP contribution in [0.1, 0.15) is 17.7 Å². The maximum absolute atomic E-state index is 9.30. The first kappa shape index (κ1) is 18.2. The lowest BCUT2D eigenvalue weighted by Crippen LogP contribution is -2.31. The predicted molar refractivity (Wildman–Crippen MR) is 104 cm³/mol. The van der Waals surface area contributed by atoms with Gasteiger partial charge in [0.2, 0.25) is 0 Å². The van der Waals surface area contributed by atoms with Gasteiger partial charge in [0.15, 0.2) is 0 Å². The van der Waals surface area contributed by atoms with E-state index < -0.39 is 0 Å². The average Bonchev–Trinajstić information content (AvgIpc) is 3.38. The number of thiophene rings is 2. The van der Waals surface area contributed by atoms with Gasteiger partial charge < -0.3 is 9.64 Å². The molecule has 5 nitrogen and oxygen atoms in total. The third-order valence-electron chi connectivity index (χ3n) is 4.29. The van der Waals surface area contributed by atoms with Crippen molar-refractivity contribution in [1.82, 2.24) is 0 Å². The van der Waals surface area contributed by atoms with Crippen LogP contribution in [0.4, 0.5) is 5.00 Å². The Morgan fingerprint density at radius 1 is 1.12 bits per heavy atom. The fourth-order valence-corrected chi connectivity index (χ4v) is 5.28. The fourth-order valence-electron chi connectivity index (χ4n) is 3.08. The van der Waals surface area contributed by atoms with Crippen LogP contribution in [0.5, 0.6) is 0 Å². The van der Waals surface area contributed by atoms with E-state index in [-0.39, 0.29) is 11.1 Å². The Morgan fingerprint density at radius 2 is 1.85 bits per heavy atom. The van der Waals surface area contributed by atoms with E-state index in [4.69, 9.17) is 15.3 Å². The van der Waals surface area contributed by atoms with Crippen LogP contribution >= 0.6 is 22.7 Å². The van der Waals surface area contributed by atoms with Crippen molar-refractivity contribution in [2.75, 3.05) is 25.2 Å². The number of nitrogens with zero attached hydrogens (tertiary/aromatic N) is 4. The minimum absolute atomic E-state index is 0.141. The van der Waals surface area contributed by atoms with Crippen LogP contribution in [0.3, 0.4) is 0 Å². The molecule has 1 saturated heterocycles. The summed E-state index contributed by atoms with van der Waals surface area (Å²) >= 11 is 3.15. The highest BCUT2D eigenvalue weighted by atomic mass is 32.1. The molecule has 0 spiro atoms. The highest BCUT2D eigenvalue weighted by Gasteiger charge is 2.26. The third-order valence-corrected chi connectivity index (χ3v) is 6.71. The van der Waals surface area contributed by atoms with Crippen molar-refractivity contribution in [2.24, 2.45) is 0 Å². The molecular formula is C19H16N4OS2. The van der Waals surface area contributed by atoms with E-state index in [0.717, 1.165) is 29.3 Å². The summed E-state index contributed by atoms with van der Waals surface area (Å²) in [6, 6.07) is 14.0. The quantitative estimate of drug-likeness (QED) is 0.717. The molecule has 3 heterocycles. The summed E-state index contributed by atoms with van der Waals surface area (Å²) in [5.41, 5.74) is -0.00465. The van der Waals surface area contributed by atoms with Gasteiger partial charge in [-0.25, -0.2) is 0 Å². The van der Waals surface area contributed by atoms with Crippen molar-refractivity contribution in [3.05, 3.63) is 34.7 Å². The molecule has 7 heteroatoms. The number of hydrogen-bond acceptors (Lipinski definition) is 7. The smallest absolute Gasteiger partial charge is 0.148 e. The summed E-state index contributed by atoms with van der Waals surface area (Å²) in [4.78, 5) is 5.19. The van der Waals surface area contributed by atoms with Gasteiger partial charge in [0.1, 0.15) is 23.8 Å². The van der Waals surface area contributed by atoms with Crippen LogP contribution in [0.2, 0.25) is 0 Å². The maximum Gasteiger partial charge on any atom is 0.148 e. The van der Waals surface area contributed by atoms with E-state index in [0.29, 0.717) is 10.9 Å². The van der Waals surface area contributed by atoms with E-state index in [1.807, 2.05) is 12.1 Å². The first-order valence-corrected chi connectivity index (χ1v) is 9.75. The standard InChI is InChI=1S/C19H16N4OS2/c1-24-12-14-3-2-8-23(14)19-7-6-18(26-19)17-5-4-16(25-17)15(11-22)13(9-20)10-21/h4-7,14H,2-3,8,12H2,1H3/t14-/m1/s1. The van der Waals surface area contributed by atoms with Crippen LogP contribution < -0.4 is 4.90 Å². The van der Waals surface area contributed by atoms with Crippen molar-refractivity contribution in [2.45, 2.75) is 18.9 Å². The molecule has 1 fully saturated rings. The number of hydrogen-bond donors (Lipinski definition) is 0. The van der Waals surface area contributed by atoms with Crippen molar-refractivity contribution >= 4 is 33.2 Å². The van der Waals surface area contributed by atoms with Gasteiger partial charge in [0.05, 0.1) is 23.2 Å². The zero-order valence-corrected chi connectivity index (χ0v) is 15.9. The Hall–Kier alpha value is -2.63. The monoisotopic (exact) mass is 380 g/mol. The Balaban J connectivity index is 1.87. The molecule has 0 unspecified atom stereocenters. The number of rotatable bonds is 5. The van der Waals surface area contributed by atoms with Gasteiger partial charge >= 0.3 is 0 Å². The molecule has 0 saturated carbocycles. The van der Waals surface area contributed by atoms with Crippen LogP contribution in [-0.2, 0) is 4.74 Å². The molecule has 2 aromatic heterocycles. The first-order valence-electron chi connectivity index (χ1n) is 8.12. The van der Waals surface area contributed by atoms with E-state index in [1.54, 1.807) is 36.7 Å². The molecule has 0 aromatic carbocycles. The number of nitriles is 3. The molecule has 0 bridgehead atoms. The molecule has 26 heavy (non-hydrogen) atoms. The summed E-state index contributed by atoms with van der Waals surface area (Å²) in [6.07, 6.45) is 2.32. The van der Waals surface area contributed by atoms with Crippen molar-refractivity contribution < 1.29 is 4.74 Å². The van der Waals surface area contributed by atoms with E-state index in [9.17, 15) is 5.26 Å². The summed E-state index contributed by atoms with van der Waals surface area (Å²) in [6.45, 7) is 1.77. The van der Waals surface area contributed by atoms with Crippen LogP contribution in [0, 0.1) is 34.0 Å². The number of ether oxygens (including phenoxy) is 1. The first-order chi connectivity index (χ1) is 12.7. The molecule has 0 aliphatic carbocycles. The van der Waals surface area contributed by atoms with Crippen molar-refractivity contribution in [1.29, 1.82) is 15.8 Å². The zero-order chi connectivity index (χ0) is 18.5. The lowest BCUT2D eigenvalue weighted by Gasteiger charge is -2.24. The second-order valence-corrected chi connectivity index (χ2v) is 7.98. The van der Waals surface area contributed by atoms with E-state index in [2.05, 4.69) is 17.0 Å². The SMILES string of the molecule is COC[C@H]1CCCN1c1ccc(-c2ccc(C(C#N)=C(C#N)C#N)s2)s1. The molecular weight excluding hydrogens is 364 g/mol. The molecule has 130 valence electrons. The van der Waals surface area contributed by atoms with Gasteiger partial charge in [-0.1, -0.05) is 0 Å². The van der Waals surface area contributed by atoms with Crippen molar-refractivity contribution in [3.63, 3.8) is 0 Å². The minimum Gasteiger partial charge on any atom is -0.383 e. The molecule has 0 radical (unpaired) electrons. The number of allylic oxidation sites excluding steroid dienone is 2. The van der Waals surface area contributed by atoms with Crippen LogP contribution in [-0.4, -0.2) is 26.3 Å². The normalized spacial score (nSPS) is 15.9. The topological polar surface area (TPSA) is 83.8 Å². The second-order valence-electron chi connectivity index (χ2n) is 5.83. The highest BCUT2D eigenvalue weighted by Crippen LogP contribution is 2.40. The van der Waals surface area contributed by atoms with Gasteiger partial charge in [-0.2, -0.15) is 15.8 Å². The molecule has 1 aliphatic rings. The molecule has 1 atom stereocenters. The Labute approximate surface area is 160 Å². The second kappa shape index (κ2) is 8.17. The number of methoxy groups -OCH3 is 1. The van der Waals surface area contributed by atoms with Gasteiger partial charge in [-0.05, 0) is 37.1 Å². The molecule has 1 aliphatic heterocycles. The average molecular weight is 380 g/mol. The van der Waals surface area contributed by atoms with Crippen molar-refractivity contribution in [3.8, 4) is 28.0 Å². The fraction of sp³-hybridized carbons (Fsp3) is 0.316. The Bertz CT molecular complexity index is 935.